The molecule has 1 heterocycles. The maximum absolute atomic E-state index is 8.79. The average Bonchev–Trinajstić information content (AvgIpc) is 2.98. The Morgan fingerprint density at radius 1 is 1.36 bits per heavy atom. The SMILES string of the molecule is OCCC1(C#Cc2ccccc2)CO1. The molecule has 0 bridgehead atoms. The molecule has 0 aliphatic carbocycles. The van der Waals surface area contributed by atoms with Crippen LogP contribution in [-0.4, -0.2) is 23.9 Å². The lowest BCUT2D eigenvalue weighted by atomic mass is 10.1. The Hall–Kier alpha value is -1.30. The van der Waals surface area contributed by atoms with Gasteiger partial charge >= 0.3 is 0 Å². The zero-order chi connectivity index (χ0) is 9.86. The van der Waals surface area contributed by atoms with Gasteiger partial charge in [-0.2, -0.15) is 0 Å². The van der Waals surface area contributed by atoms with E-state index in [9.17, 15) is 0 Å². The van der Waals surface area contributed by atoms with Gasteiger partial charge < -0.3 is 9.84 Å². The molecule has 72 valence electrons. The first-order valence-corrected chi connectivity index (χ1v) is 4.68. The maximum Gasteiger partial charge on any atom is 0.154 e. The largest absolute Gasteiger partial charge is 0.396 e. The zero-order valence-electron chi connectivity index (χ0n) is 7.86. The molecule has 2 nitrogen and oxygen atoms in total. The van der Waals surface area contributed by atoms with Crippen LogP contribution in [0.4, 0.5) is 0 Å². The fourth-order valence-electron chi connectivity index (χ4n) is 1.25. The molecule has 1 saturated heterocycles. The summed E-state index contributed by atoms with van der Waals surface area (Å²) in [6.45, 7) is 0.775. The second kappa shape index (κ2) is 3.83. The number of benzene rings is 1. The summed E-state index contributed by atoms with van der Waals surface area (Å²) in [4.78, 5) is 0. The molecular formula is C12H12O2. The maximum atomic E-state index is 8.79. The van der Waals surface area contributed by atoms with Crippen LogP contribution >= 0.6 is 0 Å². The third-order valence-corrected chi connectivity index (χ3v) is 2.22. The van der Waals surface area contributed by atoms with Crippen molar-refractivity contribution in [3.05, 3.63) is 35.9 Å². The molecule has 0 saturated carbocycles. The van der Waals surface area contributed by atoms with Crippen molar-refractivity contribution >= 4 is 0 Å². The Bertz CT molecular complexity index is 355. The standard InChI is InChI=1S/C12H12O2/c13-9-8-12(10-14-12)7-6-11-4-2-1-3-5-11/h1-5,13H,8-10H2. The molecule has 1 unspecified atom stereocenters. The Labute approximate surface area is 83.5 Å². The highest BCUT2D eigenvalue weighted by Gasteiger charge is 2.42. The van der Waals surface area contributed by atoms with Crippen LogP contribution in [0.5, 0.6) is 0 Å². The van der Waals surface area contributed by atoms with Crippen LogP contribution < -0.4 is 0 Å². The first-order valence-electron chi connectivity index (χ1n) is 4.68. The molecule has 2 heteroatoms. The molecule has 1 fully saturated rings. The summed E-state index contributed by atoms with van der Waals surface area (Å²) in [5.74, 6) is 6.10. The van der Waals surface area contributed by atoms with Gasteiger partial charge in [0.2, 0.25) is 0 Å². The van der Waals surface area contributed by atoms with E-state index in [-0.39, 0.29) is 12.2 Å². The zero-order valence-corrected chi connectivity index (χ0v) is 7.86. The summed E-state index contributed by atoms with van der Waals surface area (Å²) < 4.78 is 5.22. The molecule has 1 N–H and O–H groups in total. The van der Waals surface area contributed by atoms with Crippen molar-refractivity contribution in [3.63, 3.8) is 0 Å². The Morgan fingerprint density at radius 3 is 2.64 bits per heavy atom. The number of aliphatic hydroxyl groups is 1. The number of rotatable bonds is 2. The predicted octanol–water partition coefficient (Wildman–Crippen LogP) is 1.19. The van der Waals surface area contributed by atoms with Crippen LogP contribution in [0.25, 0.3) is 0 Å². The third-order valence-electron chi connectivity index (χ3n) is 2.22. The highest BCUT2D eigenvalue weighted by molar-refractivity contribution is 5.37. The molecule has 1 aliphatic heterocycles. The van der Waals surface area contributed by atoms with Gasteiger partial charge in [-0.25, -0.2) is 0 Å². The van der Waals surface area contributed by atoms with Gasteiger partial charge in [0.1, 0.15) is 0 Å². The predicted molar refractivity (Wildman–Crippen MR) is 53.7 cm³/mol. The van der Waals surface area contributed by atoms with Gasteiger partial charge in [0, 0.05) is 18.6 Å². The van der Waals surface area contributed by atoms with E-state index in [1.807, 2.05) is 30.3 Å². The van der Waals surface area contributed by atoms with Crippen molar-refractivity contribution in [2.75, 3.05) is 13.2 Å². The number of ether oxygens (including phenoxy) is 1. The molecular weight excluding hydrogens is 176 g/mol. The van der Waals surface area contributed by atoms with E-state index in [0.717, 1.165) is 5.56 Å². The van der Waals surface area contributed by atoms with E-state index >= 15 is 0 Å². The summed E-state index contributed by atoms with van der Waals surface area (Å²) in [5, 5.41) is 8.79. The van der Waals surface area contributed by atoms with E-state index in [1.165, 1.54) is 0 Å². The van der Waals surface area contributed by atoms with E-state index < -0.39 is 0 Å². The molecule has 0 amide bonds. The van der Waals surface area contributed by atoms with E-state index in [4.69, 9.17) is 9.84 Å². The quantitative estimate of drug-likeness (QED) is 0.558. The molecule has 1 atom stereocenters. The highest BCUT2D eigenvalue weighted by atomic mass is 16.6. The van der Waals surface area contributed by atoms with Crippen LogP contribution in [0.15, 0.2) is 30.3 Å². The Kier molecular flexibility index (Phi) is 2.53. The molecule has 1 aliphatic rings. The highest BCUT2D eigenvalue weighted by Crippen LogP contribution is 2.29. The fraction of sp³-hybridized carbons (Fsp3) is 0.333. The van der Waals surface area contributed by atoms with Crippen molar-refractivity contribution in [1.29, 1.82) is 0 Å². The Morgan fingerprint density at radius 2 is 2.07 bits per heavy atom. The first kappa shape index (κ1) is 9.26. The second-order valence-corrected chi connectivity index (χ2v) is 3.37. The van der Waals surface area contributed by atoms with Crippen LogP contribution in [0.3, 0.4) is 0 Å². The van der Waals surface area contributed by atoms with Gasteiger partial charge in [0.15, 0.2) is 5.60 Å². The monoisotopic (exact) mass is 188 g/mol. The molecule has 0 aromatic heterocycles. The van der Waals surface area contributed by atoms with Gasteiger partial charge in [0.25, 0.3) is 0 Å². The summed E-state index contributed by atoms with van der Waals surface area (Å²) in [5.41, 5.74) is 0.630. The van der Waals surface area contributed by atoms with Crippen molar-refractivity contribution in [1.82, 2.24) is 0 Å². The number of hydrogen-bond donors (Lipinski definition) is 1. The lowest BCUT2D eigenvalue weighted by Crippen LogP contribution is -2.09. The lowest BCUT2D eigenvalue weighted by Gasteiger charge is -1.98. The Balaban J connectivity index is 2.07. The molecule has 0 radical (unpaired) electrons. The van der Waals surface area contributed by atoms with E-state index in [0.29, 0.717) is 13.0 Å². The minimum atomic E-state index is -0.357. The smallest absolute Gasteiger partial charge is 0.154 e. The normalized spacial score (nSPS) is 23.8. The summed E-state index contributed by atoms with van der Waals surface area (Å²) in [6.07, 6.45) is 0.604. The van der Waals surface area contributed by atoms with E-state index in [1.54, 1.807) is 0 Å². The second-order valence-electron chi connectivity index (χ2n) is 3.37. The van der Waals surface area contributed by atoms with Crippen molar-refractivity contribution in [2.24, 2.45) is 0 Å². The van der Waals surface area contributed by atoms with Crippen molar-refractivity contribution in [2.45, 2.75) is 12.0 Å². The number of aliphatic hydroxyl groups excluding tert-OH is 1. The van der Waals surface area contributed by atoms with Crippen LogP contribution in [0.1, 0.15) is 12.0 Å². The summed E-state index contributed by atoms with van der Waals surface area (Å²) in [7, 11) is 0. The van der Waals surface area contributed by atoms with Crippen molar-refractivity contribution < 1.29 is 9.84 Å². The van der Waals surface area contributed by atoms with E-state index in [2.05, 4.69) is 11.8 Å². The molecule has 1 aromatic rings. The molecule has 1 aromatic carbocycles. The van der Waals surface area contributed by atoms with Crippen molar-refractivity contribution in [3.8, 4) is 11.8 Å². The lowest BCUT2D eigenvalue weighted by molar-refractivity contribution is 0.242. The molecule has 0 spiro atoms. The average molecular weight is 188 g/mol. The van der Waals surface area contributed by atoms with Crippen LogP contribution in [0.2, 0.25) is 0 Å². The van der Waals surface area contributed by atoms with Gasteiger partial charge in [-0.15, -0.1) is 0 Å². The fourth-order valence-corrected chi connectivity index (χ4v) is 1.25. The van der Waals surface area contributed by atoms with Crippen LogP contribution in [-0.2, 0) is 4.74 Å². The summed E-state index contributed by atoms with van der Waals surface area (Å²) in [6, 6.07) is 9.79. The third kappa shape index (κ3) is 2.14. The molecule has 14 heavy (non-hydrogen) atoms. The van der Waals surface area contributed by atoms with Gasteiger partial charge in [0.05, 0.1) is 6.61 Å². The minimum absolute atomic E-state index is 0.128. The van der Waals surface area contributed by atoms with Gasteiger partial charge in [-0.05, 0) is 12.1 Å². The summed E-state index contributed by atoms with van der Waals surface area (Å²) >= 11 is 0. The van der Waals surface area contributed by atoms with Gasteiger partial charge in [-0.3, -0.25) is 0 Å². The number of epoxide rings is 1. The molecule has 2 rings (SSSR count). The minimum Gasteiger partial charge on any atom is -0.396 e. The van der Waals surface area contributed by atoms with Gasteiger partial charge in [-0.1, -0.05) is 30.0 Å². The first-order chi connectivity index (χ1) is 6.85. The number of hydrogen-bond acceptors (Lipinski definition) is 2. The van der Waals surface area contributed by atoms with Crippen LogP contribution in [0, 0.1) is 11.8 Å². The topological polar surface area (TPSA) is 32.8 Å².